The number of nitrogens with zero attached hydrogens (tertiary/aromatic N) is 2. The molecule has 0 aromatic heterocycles. The lowest BCUT2D eigenvalue weighted by Crippen LogP contribution is -2.47. The maximum absolute atomic E-state index is 12.4. The molecule has 20 heavy (non-hydrogen) atoms. The van der Waals surface area contributed by atoms with Gasteiger partial charge in [-0.1, -0.05) is 30.3 Å². The molecule has 4 heteroatoms. The Labute approximate surface area is 121 Å². The Morgan fingerprint density at radius 3 is 2.80 bits per heavy atom. The first-order chi connectivity index (χ1) is 9.69. The Morgan fingerprint density at radius 2 is 2.15 bits per heavy atom. The molecule has 1 aromatic rings. The molecular weight excluding hydrogens is 250 g/mol. The summed E-state index contributed by atoms with van der Waals surface area (Å²) in [6.07, 6.45) is 2.17. The van der Waals surface area contributed by atoms with Crippen LogP contribution in [0.1, 0.15) is 25.3 Å². The number of benzene rings is 1. The lowest BCUT2D eigenvalue weighted by Gasteiger charge is -2.32. The normalized spacial score (nSPS) is 19.8. The van der Waals surface area contributed by atoms with E-state index in [0.717, 1.165) is 32.5 Å². The number of piperidine rings is 1. The summed E-state index contributed by atoms with van der Waals surface area (Å²) in [5, 5.41) is 0. The molecule has 0 bridgehead atoms. The predicted molar refractivity (Wildman–Crippen MR) is 81.2 cm³/mol. The van der Waals surface area contributed by atoms with Gasteiger partial charge in [-0.05, 0) is 31.9 Å². The van der Waals surface area contributed by atoms with Crippen molar-refractivity contribution in [1.29, 1.82) is 0 Å². The van der Waals surface area contributed by atoms with Crippen LogP contribution in [0.25, 0.3) is 0 Å². The van der Waals surface area contributed by atoms with Crippen LogP contribution in [0.15, 0.2) is 30.3 Å². The third-order valence-corrected chi connectivity index (χ3v) is 3.85. The molecule has 1 aromatic carbocycles. The molecule has 0 aliphatic carbocycles. The van der Waals surface area contributed by atoms with E-state index in [1.165, 1.54) is 5.56 Å². The molecule has 110 valence electrons. The molecule has 0 radical (unpaired) electrons. The minimum atomic E-state index is 0.199. The van der Waals surface area contributed by atoms with Crippen LogP contribution in [0.4, 0.5) is 0 Å². The first kappa shape index (κ1) is 15.0. The van der Waals surface area contributed by atoms with E-state index < -0.39 is 0 Å². The second kappa shape index (κ2) is 7.41. The van der Waals surface area contributed by atoms with Crippen molar-refractivity contribution >= 4 is 5.91 Å². The Morgan fingerprint density at radius 1 is 1.40 bits per heavy atom. The quantitative estimate of drug-likeness (QED) is 0.885. The molecular formula is C16H25N3O. The van der Waals surface area contributed by atoms with Gasteiger partial charge in [0.25, 0.3) is 0 Å². The van der Waals surface area contributed by atoms with Crippen LogP contribution in [-0.4, -0.2) is 47.9 Å². The van der Waals surface area contributed by atoms with E-state index in [2.05, 4.69) is 17.0 Å². The minimum Gasteiger partial charge on any atom is -0.338 e. The number of likely N-dealkylation sites (N-methyl/N-ethyl adjacent to an activating group) is 1. The Hall–Kier alpha value is -1.39. The van der Waals surface area contributed by atoms with Gasteiger partial charge in [0.1, 0.15) is 0 Å². The number of carbonyl (C=O) groups is 1. The molecule has 1 atom stereocenters. The van der Waals surface area contributed by atoms with Gasteiger partial charge < -0.3 is 10.6 Å². The second-order valence-electron chi connectivity index (χ2n) is 5.53. The molecule has 4 nitrogen and oxygen atoms in total. The summed E-state index contributed by atoms with van der Waals surface area (Å²) in [6, 6.07) is 10.4. The van der Waals surface area contributed by atoms with E-state index in [9.17, 15) is 4.79 Å². The van der Waals surface area contributed by atoms with Crippen molar-refractivity contribution in [3.8, 4) is 0 Å². The summed E-state index contributed by atoms with van der Waals surface area (Å²) >= 11 is 0. The highest BCUT2D eigenvalue weighted by atomic mass is 16.2. The topological polar surface area (TPSA) is 49.6 Å². The van der Waals surface area contributed by atoms with Crippen molar-refractivity contribution in [2.75, 3.05) is 26.2 Å². The molecule has 0 spiro atoms. The van der Waals surface area contributed by atoms with Gasteiger partial charge in [-0.2, -0.15) is 0 Å². The van der Waals surface area contributed by atoms with E-state index in [0.29, 0.717) is 13.1 Å². The summed E-state index contributed by atoms with van der Waals surface area (Å²) in [5.74, 6) is 0.199. The summed E-state index contributed by atoms with van der Waals surface area (Å²) in [6.45, 7) is 5.79. The highest BCUT2D eigenvalue weighted by Gasteiger charge is 2.21. The molecule has 1 heterocycles. The van der Waals surface area contributed by atoms with E-state index in [4.69, 9.17) is 5.73 Å². The predicted octanol–water partition coefficient (Wildman–Crippen LogP) is 1.46. The third-order valence-electron chi connectivity index (χ3n) is 3.85. The fourth-order valence-electron chi connectivity index (χ4n) is 2.71. The molecule has 0 unspecified atom stereocenters. The van der Waals surface area contributed by atoms with Gasteiger partial charge >= 0.3 is 0 Å². The molecule has 1 aliphatic heterocycles. The van der Waals surface area contributed by atoms with Gasteiger partial charge in [-0.15, -0.1) is 0 Å². The largest absolute Gasteiger partial charge is 0.338 e. The Bertz CT molecular complexity index is 421. The summed E-state index contributed by atoms with van der Waals surface area (Å²) in [4.78, 5) is 16.5. The summed E-state index contributed by atoms with van der Waals surface area (Å²) in [5.41, 5.74) is 7.15. The van der Waals surface area contributed by atoms with Crippen molar-refractivity contribution in [3.63, 3.8) is 0 Å². The van der Waals surface area contributed by atoms with Gasteiger partial charge in [0.15, 0.2) is 0 Å². The Balaban J connectivity index is 1.88. The first-order valence-corrected chi connectivity index (χ1v) is 7.48. The molecule has 1 saturated heterocycles. The fourth-order valence-corrected chi connectivity index (χ4v) is 2.71. The third kappa shape index (κ3) is 4.32. The lowest BCUT2D eigenvalue weighted by molar-refractivity contribution is -0.133. The molecule has 1 fully saturated rings. The van der Waals surface area contributed by atoms with Crippen molar-refractivity contribution in [2.24, 2.45) is 5.73 Å². The Kier molecular flexibility index (Phi) is 5.56. The number of amides is 1. The average molecular weight is 275 g/mol. The van der Waals surface area contributed by atoms with Crippen molar-refractivity contribution in [2.45, 2.75) is 32.4 Å². The van der Waals surface area contributed by atoms with Gasteiger partial charge in [-0.3, -0.25) is 9.69 Å². The maximum atomic E-state index is 12.4. The number of nitrogens with two attached hydrogens (primary N) is 1. The molecule has 2 N–H and O–H groups in total. The molecule has 1 amide bonds. The summed E-state index contributed by atoms with van der Waals surface area (Å²) in [7, 11) is 0. The monoisotopic (exact) mass is 275 g/mol. The van der Waals surface area contributed by atoms with Gasteiger partial charge in [-0.25, -0.2) is 0 Å². The minimum absolute atomic E-state index is 0.199. The van der Waals surface area contributed by atoms with Crippen LogP contribution >= 0.6 is 0 Å². The van der Waals surface area contributed by atoms with E-state index in [1.54, 1.807) is 0 Å². The molecule has 0 saturated carbocycles. The number of likely N-dealkylation sites (tertiary alicyclic amines) is 1. The van der Waals surface area contributed by atoms with Crippen LogP contribution < -0.4 is 5.73 Å². The lowest BCUT2D eigenvalue weighted by atomic mass is 10.1. The maximum Gasteiger partial charge on any atom is 0.237 e. The number of rotatable bonds is 5. The number of hydrogen-bond acceptors (Lipinski definition) is 3. The van der Waals surface area contributed by atoms with E-state index in [-0.39, 0.29) is 11.9 Å². The highest BCUT2D eigenvalue weighted by molar-refractivity contribution is 5.78. The molecule has 1 aliphatic rings. The van der Waals surface area contributed by atoms with Crippen molar-refractivity contribution < 1.29 is 4.79 Å². The van der Waals surface area contributed by atoms with Gasteiger partial charge in [0, 0.05) is 25.7 Å². The standard InChI is InChI=1S/C16H25N3O/c1-2-19(11-14-7-4-3-5-8-14)16(20)13-18-10-6-9-15(17)12-18/h3-5,7-8,15H,2,6,9-13,17H2,1H3/t15-/m1/s1. The number of carbonyl (C=O) groups excluding carboxylic acids is 1. The van der Waals surface area contributed by atoms with Crippen molar-refractivity contribution in [3.05, 3.63) is 35.9 Å². The van der Waals surface area contributed by atoms with E-state index in [1.807, 2.05) is 30.0 Å². The smallest absolute Gasteiger partial charge is 0.237 e. The van der Waals surface area contributed by atoms with Crippen LogP contribution in [0.5, 0.6) is 0 Å². The van der Waals surface area contributed by atoms with Crippen LogP contribution in [0.3, 0.4) is 0 Å². The van der Waals surface area contributed by atoms with Crippen LogP contribution in [0, 0.1) is 0 Å². The fraction of sp³-hybridized carbons (Fsp3) is 0.562. The zero-order chi connectivity index (χ0) is 14.4. The number of hydrogen-bond donors (Lipinski definition) is 1. The zero-order valence-corrected chi connectivity index (χ0v) is 12.3. The van der Waals surface area contributed by atoms with Crippen LogP contribution in [-0.2, 0) is 11.3 Å². The second-order valence-corrected chi connectivity index (χ2v) is 5.53. The zero-order valence-electron chi connectivity index (χ0n) is 12.3. The van der Waals surface area contributed by atoms with E-state index >= 15 is 0 Å². The molecule has 2 rings (SSSR count). The SMILES string of the molecule is CCN(Cc1ccccc1)C(=O)CN1CCC[C@@H](N)C1. The average Bonchev–Trinajstić information content (AvgIpc) is 2.45. The van der Waals surface area contributed by atoms with Crippen LogP contribution in [0.2, 0.25) is 0 Å². The van der Waals surface area contributed by atoms with Gasteiger partial charge in [0.05, 0.1) is 6.54 Å². The van der Waals surface area contributed by atoms with Crippen molar-refractivity contribution in [1.82, 2.24) is 9.80 Å². The van der Waals surface area contributed by atoms with Gasteiger partial charge in [0.2, 0.25) is 5.91 Å². The highest BCUT2D eigenvalue weighted by Crippen LogP contribution is 2.10. The first-order valence-electron chi connectivity index (χ1n) is 7.48. The summed E-state index contributed by atoms with van der Waals surface area (Å²) < 4.78 is 0.